The molecule has 0 spiro atoms. The second kappa shape index (κ2) is 5.91. The molecule has 2 aromatic rings. The number of amides is 1. The molecule has 1 atom stereocenters. The summed E-state index contributed by atoms with van der Waals surface area (Å²) in [5.74, 6) is -0.281. The molecule has 0 saturated heterocycles. The summed E-state index contributed by atoms with van der Waals surface area (Å²) in [6.45, 7) is 0. The number of rotatable bonds is 4. The summed E-state index contributed by atoms with van der Waals surface area (Å²) in [4.78, 5) is 16.4. The first-order valence-corrected chi connectivity index (χ1v) is 7.26. The van der Waals surface area contributed by atoms with Crippen LogP contribution in [0.25, 0.3) is 0 Å². The van der Waals surface area contributed by atoms with E-state index in [2.05, 4.69) is 10.3 Å². The Kier molecular flexibility index (Phi) is 4.25. The maximum atomic E-state index is 11.8. The van der Waals surface area contributed by atoms with Crippen LogP contribution >= 0.6 is 11.3 Å². The van der Waals surface area contributed by atoms with E-state index in [1.54, 1.807) is 0 Å². The summed E-state index contributed by atoms with van der Waals surface area (Å²) in [7, 11) is 0. The van der Waals surface area contributed by atoms with Crippen molar-refractivity contribution >= 4 is 33.5 Å². The number of nitrogens with zero attached hydrogens (tertiary/aromatic N) is 1. The number of hydrogen-bond acceptors (Lipinski definition) is 5. The third-order valence-corrected chi connectivity index (χ3v) is 3.82. The Hall–Kier alpha value is -1.77. The van der Waals surface area contributed by atoms with E-state index in [0.717, 1.165) is 11.3 Å². The summed E-state index contributed by atoms with van der Waals surface area (Å²) in [6, 6.07) is 5.80. The minimum atomic E-state index is -1.92. The number of benzene rings is 1. The average Bonchev–Trinajstić information content (AvgIpc) is 2.76. The third kappa shape index (κ3) is 3.85. The van der Waals surface area contributed by atoms with Gasteiger partial charge in [-0.2, -0.15) is 0 Å². The van der Waals surface area contributed by atoms with Gasteiger partial charge in [-0.15, -0.1) is 11.3 Å². The van der Waals surface area contributed by atoms with Crippen molar-refractivity contribution in [2.45, 2.75) is 5.75 Å². The summed E-state index contributed by atoms with van der Waals surface area (Å²) >= 11 is -0.783. The van der Waals surface area contributed by atoms with E-state index in [9.17, 15) is 9.00 Å². The van der Waals surface area contributed by atoms with Gasteiger partial charge in [0.1, 0.15) is 5.75 Å². The Morgan fingerprint density at radius 3 is 2.68 bits per heavy atom. The molecule has 2 rings (SSSR count). The van der Waals surface area contributed by atoms with Crippen LogP contribution in [0.1, 0.15) is 15.2 Å². The second-order valence-electron chi connectivity index (χ2n) is 3.60. The average molecular weight is 298 g/mol. The SMILES string of the molecule is O=C(Nc1ncc(CS(=O)O)s1)c1ccc(O)cc1. The quantitative estimate of drug-likeness (QED) is 0.748. The van der Waals surface area contributed by atoms with Crippen LogP contribution in [-0.2, 0) is 16.8 Å². The fraction of sp³-hybridized carbons (Fsp3) is 0.0909. The first-order chi connectivity index (χ1) is 9.04. The van der Waals surface area contributed by atoms with Gasteiger partial charge in [0.15, 0.2) is 16.2 Å². The monoisotopic (exact) mass is 298 g/mol. The molecular formula is C11H10N2O4S2. The van der Waals surface area contributed by atoms with Crippen molar-refractivity contribution in [1.82, 2.24) is 4.98 Å². The van der Waals surface area contributed by atoms with Crippen LogP contribution in [0.15, 0.2) is 30.5 Å². The van der Waals surface area contributed by atoms with Crippen molar-refractivity contribution in [3.8, 4) is 5.75 Å². The zero-order chi connectivity index (χ0) is 13.8. The Labute approximate surface area is 115 Å². The van der Waals surface area contributed by atoms with Gasteiger partial charge in [0.2, 0.25) is 0 Å². The summed E-state index contributed by atoms with van der Waals surface area (Å²) in [5, 5.41) is 12.1. The second-order valence-corrected chi connectivity index (χ2v) is 5.65. The van der Waals surface area contributed by atoms with Crippen molar-refractivity contribution in [1.29, 1.82) is 0 Å². The van der Waals surface area contributed by atoms with E-state index in [1.807, 2.05) is 0 Å². The van der Waals surface area contributed by atoms with Gasteiger partial charge < -0.3 is 9.66 Å². The van der Waals surface area contributed by atoms with Gasteiger partial charge >= 0.3 is 0 Å². The highest BCUT2D eigenvalue weighted by atomic mass is 32.2. The summed E-state index contributed by atoms with van der Waals surface area (Å²) < 4.78 is 19.4. The standard InChI is InChI=1S/C11H10N2O4S2/c14-8-3-1-7(2-4-8)10(15)13-11-12-5-9(18-11)6-19(16)17/h1-5,14H,6H2,(H,16,17)(H,12,13,15). The molecule has 1 aromatic carbocycles. The van der Waals surface area contributed by atoms with Gasteiger partial charge in [-0.3, -0.25) is 10.1 Å². The van der Waals surface area contributed by atoms with Crippen LogP contribution in [0.5, 0.6) is 5.75 Å². The molecular weight excluding hydrogens is 288 g/mol. The zero-order valence-corrected chi connectivity index (χ0v) is 11.2. The van der Waals surface area contributed by atoms with Crippen molar-refractivity contribution < 1.29 is 18.7 Å². The molecule has 8 heteroatoms. The topological polar surface area (TPSA) is 99.5 Å². The lowest BCUT2D eigenvalue weighted by molar-refractivity contribution is 0.102. The lowest BCUT2D eigenvalue weighted by Crippen LogP contribution is -2.11. The molecule has 1 amide bonds. The van der Waals surface area contributed by atoms with E-state index < -0.39 is 11.1 Å². The van der Waals surface area contributed by atoms with Gasteiger partial charge in [0.25, 0.3) is 5.91 Å². The highest BCUT2D eigenvalue weighted by Crippen LogP contribution is 2.20. The summed E-state index contributed by atoms with van der Waals surface area (Å²) in [5.41, 5.74) is 0.389. The molecule has 0 fully saturated rings. The number of thiazole rings is 1. The van der Waals surface area contributed by atoms with E-state index in [0.29, 0.717) is 15.6 Å². The van der Waals surface area contributed by atoms with Gasteiger partial charge in [0.05, 0.1) is 5.75 Å². The van der Waals surface area contributed by atoms with Crippen LogP contribution in [0, 0.1) is 0 Å². The number of carbonyl (C=O) groups excluding carboxylic acids is 1. The number of carbonyl (C=O) groups is 1. The van der Waals surface area contributed by atoms with Gasteiger partial charge in [0, 0.05) is 16.6 Å². The minimum Gasteiger partial charge on any atom is -0.508 e. The van der Waals surface area contributed by atoms with E-state index >= 15 is 0 Å². The molecule has 0 aliphatic heterocycles. The highest BCUT2D eigenvalue weighted by molar-refractivity contribution is 7.78. The van der Waals surface area contributed by atoms with Gasteiger partial charge in [-0.25, -0.2) is 9.19 Å². The van der Waals surface area contributed by atoms with Crippen molar-refractivity contribution in [3.05, 3.63) is 40.9 Å². The van der Waals surface area contributed by atoms with Crippen molar-refractivity contribution in [2.24, 2.45) is 0 Å². The summed E-state index contributed by atoms with van der Waals surface area (Å²) in [6.07, 6.45) is 1.45. The predicted octanol–water partition coefficient (Wildman–Crippen LogP) is 1.82. The molecule has 0 radical (unpaired) electrons. The van der Waals surface area contributed by atoms with Crippen molar-refractivity contribution in [3.63, 3.8) is 0 Å². The lowest BCUT2D eigenvalue weighted by Gasteiger charge is -2.01. The van der Waals surface area contributed by atoms with Crippen LogP contribution < -0.4 is 5.32 Å². The molecule has 0 aliphatic carbocycles. The molecule has 19 heavy (non-hydrogen) atoms. The number of anilines is 1. The Balaban J connectivity index is 2.04. The number of phenolic OH excluding ortho intramolecular Hbond substituents is 1. The number of aromatic hydroxyl groups is 1. The molecule has 1 unspecified atom stereocenters. The van der Waals surface area contributed by atoms with Gasteiger partial charge in [-0.1, -0.05) is 0 Å². The van der Waals surface area contributed by atoms with Crippen molar-refractivity contribution in [2.75, 3.05) is 5.32 Å². The van der Waals surface area contributed by atoms with Crippen LogP contribution in [0.2, 0.25) is 0 Å². The lowest BCUT2D eigenvalue weighted by atomic mass is 10.2. The number of aromatic nitrogens is 1. The number of phenols is 1. The van der Waals surface area contributed by atoms with E-state index in [4.69, 9.17) is 9.66 Å². The van der Waals surface area contributed by atoms with Crippen LogP contribution in [0.4, 0.5) is 5.13 Å². The van der Waals surface area contributed by atoms with E-state index in [-0.39, 0.29) is 17.4 Å². The first kappa shape index (κ1) is 13.7. The normalized spacial score (nSPS) is 12.1. The Bertz CT molecular complexity index is 609. The predicted molar refractivity (Wildman–Crippen MR) is 72.6 cm³/mol. The molecule has 0 aliphatic rings. The third-order valence-electron chi connectivity index (χ3n) is 2.17. The fourth-order valence-corrected chi connectivity index (χ4v) is 2.79. The number of nitrogens with one attached hydrogen (secondary N) is 1. The minimum absolute atomic E-state index is 0.00720. The molecule has 6 nitrogen and oxygen atoms in total. The smallest absolute Gasteiger partial charge is 0.257 e. The Morgan fingerprint density at radius 2 is 2.05 bits per heavy atom. The van der Waals surface area contributed by atoms with Crippen LogP contribution in [-0.4, -0.2) is 24.8 Å². The highest BCUT2D eigenvalue weighted by Gasteiger charge is 2.10. The fourth-order valence-electron chi connectivity index (χ4n) is 1.34. The Morgan fingerprint density at radius 1 is 1.37 bits per heavy atom. The molecule has 0 saturated carbocycles. The van der Waals surface area contributed by atoms with Crippen LogP contribution in [0.3, 0.4) is 0 Å². The zero-order valence-electron chi connectivity index (χ0n) is 9.57. The maximum Gasteiger partial charge on any atom is 0.257 e. The molecule has 1 aromatic heterocycles. The molecule has 3 N–H and O–H groups in total. The number of hydrogen-bond donors (Lipinski definition) is 3. The van der Waals surface area contributed by atoms with Gasteiger partial charge in [-0.05, 0) is 24.3 Å². The molecule has 1 heterocycles. The first-order valence-electron chi connectivity index (χ1n) is 5.17. The van der Waals surface area contributed by atoms with E-state index in [1.165, 1.54) is 30.5 Å². The maximum absolute atomic E-state index is 11.8. The largest absolute Gasteiger partial charge is 0.508 e. The molecule has 0 bridgehead atoms. The molecule has 100 valence electrons.